The van der Waals surface area contributed by atoms with Gasteiger partial charge in [-0.25, -0.2) is 5.43 Å². The Kier molecular flexibility index (Phi) is 18.8. The number of hydrogen-bond acceptors (Lipinski definition) is 12. The van der Waals surface area contributed by atoms with Crippen molar-refractivity contribution in [2.45, 2.75) is 143 Å². The highest BCUT2D eigenvalue weighted by atomic mass is 16.5. The second-order valence-electron chi connectivity index (χ2n) is 21.4. The lowest BCUT2D eigenvalue weighted by Crippen LogP contribution is -2.61. The zero-order chi connectivity index (χ0) is 51.8. The summed E-state index contributed by atoms with van der Waals surface area (Å²) in [5.41, 5.74) is 8.08. The molecule has 71 heavy (non-hydrogen) atoms. The molecule has 5 atom stereocenters. The zero-order valence-electron chi connectivity index (χ0n) is 44.7. The minimum Gasteiger partial charge on any atom is -0.464 e. The Morgan fingerprint density at radius 2 is 1.85 bits per heavy atom. The third kappa shape index (κ3) is 13.3. The quantitative estimate of drug-likeness (QED) is 0.105. The van der Waals surface area contributed by atoms with Crippen LogP contribution in [0.15, 0.2) is 41.5 Å². The maximum absolute atomic E-state index is 14.7. The molecule has 16 heteroatoms. The van der Waals surface area contributed by atoms with Gasteiger partial charge in [-0.1, -0.05) is 46.3 Å². The zero-order valence-corrected chi connectivity index (χ0v) is 44.7. The van der Waals surface area contributed by atoms with E-state index in [1.54, 1.807) is 18.2 Å². The summed E-state index contributed by atoms with van der Waals surface area (Å²) in [6.07, 6.45) is 5.92. The van der Waals surface area contributed by atoms with Crippen LogP contribution in [0.3, 0.4) is 0 Å². The molecule has 0 saturated carbocycles. The number of amides is 3. The lowest BCUT2D eigenvalue weighted by molar-refractivity contribution is -0.156. The number of esters is 1. The number of nitrogens with zero attached hydrogens (tertiary/aromatic N) is 6. The van der Waals surface area contributed by atoms with Gasteiger partial charge in [0.2, 0.25) is 5.91 Å². The molecule has 0 radical (unpaired) electrons. The third-order valence-corrected chi connectivity index (χ3v) is 14.8. The normalized spacial score (nSPS) is 23.0. The van der Waals surface area contributed by atoms with Crippen molar-refractivity contribution in [2.24, 2.45) is 22.2 Å². The summed E-state index contributed by atoms with van der Waals surface area (Å²) >= 11 is 0. The molecule has 0 spiro atoms. The molecular weight excluding hydrogens is 901 g/mol. The van der Waals surface area contributed by atoms with Gasteiger partial charge in [0.1, 0.15) is 12.1 Å². The van der Waals surface area contributed by atoms with Gasteiger partial charge in [0.25, 0.3) is 11.8 Å². The maximum Gasteiger partial charge on any atom is 0.324 e. The van der Waals surface area contributed by atoms with Gasteiger partial charge in [0.15, 0.2) is 0 Å². The highest BCUT2D eigenvalue weighted by Crippen LogP contribution is 2.40. The number of methoxy groups -OCH3 is 1. The highest BCUT2D eigenvalue weighted by Gasteiger charge is 2.39. The number of hydrazine groups is 1. The number of anilines is 1. The van der Waals surface area contributed by atoms with Crippen molar-refractivity contribution in [3.8, 4) is 11.8 Å². The van der Waals surface area contributed by atoms with Crippen molar-refractivity contribution in [3.05, 3.63) is 47.8 Å². The molecule has 3 amide bonds. The number of nitrogens with one attached hydrogen (secondary N) is 2. The van der Waals surface area contributed by atoms with Crippen molar-refractivity contribution < 1.29 is 38.1 Å². The fourth-order valence-corrected chi connectivity index (χ4v) is 9.88. The monoisotopic (exact) mass is 983 g/mol. The van der Waals surface area contributed by atoms with E-state index in [2.05, 4.69) is 77.6 Å². The van der Waals surface area contributed by atoms with E-state index >= 15 is 0 Å². The molecule has 1 aromatic carbocycles. The summed E-state index contributed by atoms with van der Waals surface area (Å²) < 4.78 is 27.2. The predicted molar refractivity (Wildman–Crippen MR) is 280 cm³/mol. The van der Waals surface area contributed by atoms with E-state index in [1.807, 2.05) is 66.6 Å². The number of fused-ring (bicyclic) bond motifs is 6. The Balaban J connectivity index is 1.29. The minimum absolute atomic E-state index is 0.102. The SMILES string of the molecule is C=C/C(=C(\N=C/C)[C@H](C)OC)c1c2c3cc(ccc3n1CC)N1CCO[C@@H](C[C@H](NC(=O)[C@@H](COC3CCN(C(=O)C#CC(C)(C)N(C)C)CC3)C(C)C)C(=O)N3CCC[C@H](N3)C(=O)OCC(C)(C)C2)C1. The summed E-state index contributed by atoms with van der Waals surface area (Å²) in [4.78, 5) is 67.0. The first-order valence-electron chi connectivity index (χ1n) is 25.8. The topological polar surface area (TPSA) is 160 Å². The van der Waals surface area contributed by atoms with Crippen LogP contribution in [0.1, 0.15) is 106 Å². The first kappa shape index (κ1) is 55.3. The van der Waals surface area contributed by atoms with Crippen molar-refractivity contribution in [1.82, 2.24) is 30.1 Å². The van der Waals surface area contributed by atoms with E-state index < -0.39 is 41.0 Å². The highest BCUT2D eigenvalue weighted by molar-refractivity contribution is 5.95. The Hall–Kier alpha value is -5.05. The average Bonchev–Trinajstić information content (AvgIpc) is 3.65. The molecule has 0 unspecified atom stereocenters. The van der Waals surface area contributed by atoms with Crippen molar-refractivity contribution in [2.75, 3.05) is 78.6 Å². The molecular formula is C55H82N8O8. The van der Waals surface area contributed by atoms with E-state index in [9.17, 15) is 19.2 Å². The summed E-state index contributed by atoms with van der Waals surface area (Å²) in [6.45, 7) is 26.4. The van der Waals surface area contributed by atoms with Crippen molar-refractivity contribution in [3.63, 3.8) is 0 Å². The van der Waals surface area contributed by atoms with Crippen LogP contribution in [-0.2, 0) is 51.1 Å². The number of likely N-dealkylation sites (tertiary alicyclic amines) is 1. The van der Waals surface area contributed by atoms with Gasteiger partial charge in [-0.2, -0.15) is 0 Å². The maximum atomic E-state index is 14.7. The van der Waals surface area contributed by atoms with Crippen molar-refractivity contribution in [1.29, 1.82) is 0 Å². The van der Waals surface area contributed by atoms with Crippen LogP contribution in [0.2, 0.25) is 0 Å². The standard InChI is InChI=1S/C55H82N8O8/c1-14-41(49(56-15-2)37(6)68-13)50-43-32-54(7,8)35-71-53(67)45-18-17-25-63(58-45)52(66)46(31-40-33-61(28-29-69-40)38-19-20-47(42(43)30-38)62(50)16-3)57-51(65)44(36(4)5)34-70-39-22-26-60(27-23-39)48(64)21-24-55(9,10)59(11)12/h14-15,19-20,30,36-37,39-40,44-46,58H,1,16-18,22-23,25-29,31-35H2,2-13H3,(H,57,65)/b49-41+,56-15-/t37-,40-,44-,45-,46-/m0/s1. The van der Waals surface area contributed by atoms with E-state index in [1.165, 1.54) is 5.01 Å². The average molecular weight is 983 g/mol. The molecule has 4 aliphatic heterocycles. The molecule has 6 bridgehead atoms. The predicted octanol–water partition coefficient (Wildman–Crippen LogP) is 6.01. The Morgan fingerprint density at radius 3 is 2.49 bits per heavy atom. The van der Waals surface area contributed by atoms with Gasteiger partial charge in [-0.15, -0.1) is 0 Å². The summed E-state index contributed by atoms with van der Waals surface area (Å²) in [5.74, 6) is 4.01. The van der Waals surface area contributed by atoms with Gasteiger partial charge in [-0.05, 0) is 116 Å². The number of carbonyl (C=O) groups excluding carboxylic acids is 4. The van der Waals surface area contributed by atoms with Gasteiger partial charge in [0.05, 0.1) is 61.0 Å². The second-order valence-corrected chi connectivity index (χ2v) is 21.4. The lowest BCUT2D eigenvalue weighted by Gasteiger charge is -2.39. The molecule has 6 rings (SSSR count). The molecule has 16 nitrogen and oxygen atoms in total. The minimum atomic E-state index is -0.963. The van der Waals surface area contributed by atoms with Gasteiger partial charge >= 0.3 is 5.97 Å². The second kappa shape index (κ2) is 24.1. The Labute approximate surface area is 422 Å². The molecule has 4 aliphatic rings. The fourth-order valence-electron chi connectivity index (χ4n) is 9.88. The molecule has 3 saturated heterocycles. The molecule has 2 N–H and O–H groups in total. The van der Waals surface area contributed by atoms with Crippen LogP contribution in [0, 0.1) is 29.1 Å². The van der Waals surface area contributed by atoms with E-state index in [-0.39, 0.29) is 55.5 Å². The van der Waals surface area contributed by atoms with Gasteiger partial charge in [-0.3, -0.25) is 34.1 Å². The number of rotatable bonds is 13. The number of aliphatic imine (C=N–C) groups is 1. The Bertz CT molecular complexity index is 2370. The number of hydrogen-bond donors (Lipinski definition) is 2. The number of ether oxygens (including phenoxy) is 4. The molecule has 2 aromatic rings. The van der Waals surface area contributed by atoms with E-state index in [4.69, 9.17) is 23.9 Å². The van der Waals surface area contributed by atoms with Crippen LogP contribution in [-0.4, -0.2) is 159 Å². The molecule has 1 aromatic heterocycles. The molecule has 5 heterocycles. The number of benzene rings is 1. The molecule has 0 aliphatic carbocycles. The summed E-state index contributed by atoms with van der Waals surface area (Å²) in [6, 6.07) is 4.85. The number of morpholine rings is 1. The van der Waals surface area contributed by atoms with Crippen LogP contribution < -0.4 is 15.6 Å². The van der Waals surface area contributed by atoms with Crippen LogP contribution in [0.4, 0.5) is 5.69 Å². The van der Waals surface area contributed by atoms with E-state index in [0.717, 1.165) is 39.1 Å². The summed E-state index contributed by atoms with van der Waals surface area (Å²) in [7, 11) is 5.55. The van der Waals surface area contributed by atoms with Crippen LogP contribution in [0.25, 0.3) is 16.5 Å². The number of aromatic nitrogens is 1. The number of allylic oxidation sites excluding steroid dienone is 2. The van der Waals surface area contributed by atoms with Crippen LogP contribution in [0.5, 0.6) is 0 Å². The Morgan fingerprint density at radius 1 is 1.11 bits per heavy atom. The number of piperidine rings is 1. The fraction of sp³-hybridized carbons (Fsp3) is 0.655. The van der Waals surface area contributed by atoms with Gasteiger partial charge in [0, 0.05) is 86.6 Å². The largest absolute Gasteiger partial charge is 0.464 e. The smallest absolute Gasteiger partial charge is 0.324 e. The van der Waals surface area contributed by atoms with Crippen molar-refractivity contribution >= 4 is 52.1 Å². The first-order chi connectivity index (χ1) is 33.7. The first-order valence-corrected chi connectivity index (χ1v) is 25.8. The third-order valence-electron chi connectivity index (χ3n) is 14.8. The number of aryl methyl sites for hydroxylation is 1. The number of carbonyl (C=O) groups is 4. The lowest BCUT2D eigenvalue weighted by atomic mass is 9.84. The molecule has 3 fully saturated rings. The summed E-state index contributed by atoms with van der Waals surface area (Å²) in [5, 5.41) is 5.71. The van der Waals surface area contributed by atoms with Crippen LogP contribution >= 0.6 is 0 Å². The van der Waals surface area contributed by atoms with Gasteiger partial charge < -0.3 is 38.6 Å². The number of cyclic esters (lactones) is 1. The molecule has 390 valence electrons. The van der Waals surface area contributed by atoms with E-state index in [0.29, 0.717) is 78.0 Å².